The molecule has 2 saturated heterocycles. The van der Waals surface area contributed by atoms with Gasteiger partial charge in [0, 0.05) is 22.5 Å². The van der Waals surface area contributed by atoms with E-state index in [4.69, 9.17) is 11.6 Å². The molecular formula is C17H18ClN3. The maximum Gasteiger partial charge on any atom is 0.0930 e. The number of halogens is 1. The maximum atomic E-state index is 6.04. The van der Waals surface area contributed by atoms with Gasteiger partial charge in [0.1, 0.15) is 0 Å². The minimum absolute atomic E-state index is 0.248. The Bertz CT molecular complexity index is 651. The Morgan fingerprint density at radius 3 is 2.81 bits per heavy atom. The number of hydrogen-bond donors (Lipinski definition) is 0. The average Bonchev–Trinajstić information content (AvgIpc) is 2.83. The fourth-order valence-corrected chi connectivity index (χ4v) is 3.94. The van der Waals surface area contributed by atoms with Gasteiger partial charge in [-0.15, -0.1) is 0 Å². The Hall–Kier alpha value is -1.45. The lowest BCUT2D eigenvalue weighted by Gasteiger charge is -2.33. The molecule has 2 unspecified atom stereocenters. The van der Waals surface area contributed by atoms with Crippen molar-refractivity contribution in [2.75, 3.05) is 19.6 Å². The third-order valence-corrected chi connectivity index (χ3v) is 5.13. The van der Waals surface area contributed by atoms with Crippen LogP contribution in [0.4, 0.5) is 0 Å². The first-order chi connectivity index (χ1) is 10.3. The van der Waals surface area contributed by atoms with E-state index in [1.165, 1.54) is 32.4 Å². The van der Waals surface area contributed by atoms with Crippen molar-refractivity contribution in [3.05, 3.63) is 47.1 Å². The highest BCUT2D eigenvalue weighted by Gasteiger charge is 2.43. The van der Waals surface area contributed by atoms with Gasteiger partial charge < -0.3 is 4.90 Å². The summed E-state index contributed by atoms with van der Waals surface area (Å²) in [5.74, 6) is 0. The maximum absolute atomic E-state index is 6.04. The van der Waals surface area contributed by atoms with Crippen molar-refractivity contribution in [3.63, 3.8) is 0 Å². The van der Waals surface area contributed by atoms with Crippen molar-refractivity contribution in [3.8, 4) is 11.3 Å². The van der Waals surface area contributed by atoms with Gasteiger partial charge in [0.15, 0.2) is 0 Å². The smallest absolute Gasteiger partial charge is 0.0930 e. The number of rotatable bonds is 2. The Balaban J connectivity index is 1.65. The van der Waals surface area contributed by atoms with Crippen molar-refractivity contribution in [2.24, 2.45) is 0 Å². The lowest BCUT2D eigenvalue weighted by Crippen LogP contribution is -2.37. The lowest BCUT2D eigenvalue weighted by atomic mass is 9.78. The van der Waals surface area contributed by atoms with Gasteiger partial charge in [-0.3, -0.25) is 0 Å². The predicted molar refractivity (Wildman–Crippen MR) is 84.4 cm³/mol. The molecule has 2 atom stereocenters. The Morgan fingerprint density at radius 2 is 2.00 bits per heavy atom. The summed E-state index contributed by atoms with van der Waals surface area (Å²) >= 11 is 6.04. The molecule has 2 aliphatic heterocycles. The predicted octanol–water partition coefficient (Wildman–Crippen LogP) is 3.53. The van der Waals surface area contributed by atoms with E-state index in [0.717, 1.165) is 28.5 Å². The summed E-state index contributed by atoms with van der Waals surface area (Å²) in [5, 5.41) is 9.74. The minimum Gasteiger partial charge on any atom is -0.302 e. The number of fused-ring (bicyclic) bond motifs is 2. The highest BCUT2D eigenvalue weighted by molar-refractivity contribution is 6.30. The second-order valence-electron chi connectivity index (χ2n) is 6.22. The van der Waals surface area contributed by atoms with E-state index < -0.39 is 0 Å². The molecule has 0 radical (unpaired) electrons. The monoisotopic (exact) mass is 299 g/mol. The third-order valence-electron chi connectivity index (χ3n) is 4.89. The molecule has 1 aromatic heterocycles. The summed E-state index contributed by atoms with van der Waals surface area (Å²) < 4.78 is 0. The van der Waals surface area contributed by atoms with Crippen LogP contribution in [0.2, 0.25) is 5.02 Å². The first-order valence-corrected chi connectivity index (χ1v) is 7.96. The average molecular weight is 300 g/mol. The molecule has 3 nitrogen and oxygen atoms in total. The molecule has 2 aromatic rings. The van der Waals surface area contributed by atoms with Gasteiger partial charge in [-0.2, -0.15) is 10.2 Å². The summed E-state index contributed by atoms with van der Waals surface area (Å²) in [6.07, 6.45) is 3.74. The van der Waals surface area contributed by atoms with Gasteiger partial charge in [-0.25, -0.2) is 0 Å². The fourth-order valence-electron chi connectivity index (χ4n) is 3.75. The first-order valence-electron chi connectivity index (χ1n) is 7.58. The van der Waals surface area contributed by atoms with Gasteiger partial charge >= 0.3 is 0 Å². The molecular weight excluding hydrogens is 282 g/mol. The number of nitrogens with zero attached hydrogens (tertiary/aromatic N) is 3. The zero-order valence-corrected chi connectivity index (χ0v) is 12.7. The van der Waals surface area contributed by atoms with Crippen LogP contribution in [0, 0.1) is 0 Å². The summed E-state index contributed by atoms with van der Waals surface area (Å²) in [4.78, 5) is 2.55. The van der Waals surface area contributed by atoms with Gasteiger partial charge in [0.2, 0.25) is 0 Å². The molecule has 0 amide bonds. The molecule has 108 valence electrons. The number of benzene rings is 1. The van der Waals surface area contributed by atoms with Crippen LogP contribution in [0.15, 0.2) is 36.4 Å². The number of hydrogen-bond acceptors (Lipinski definition) is 3. The summed E-state index contributed by atoms with van der Waals surface area (Å²) in [5.41, 5.74) is 3.33. The Labute approximate surface area is 130 Å². The molecule has 4 rings (SSSR count). The SMILES string of the molecule is Clc1cccc(-c2ccc(C34CCCN(CC3)C4)nn2)c1. The van der Waals surface area contributed by atoms with E-state index in [0.29, 0.717) is 0 Å². The topological polar surface area (TPSA) is 29.0 Å². The van der Waals surface area contributed by atoms with Crippen molar-refractivity contribution < 1.29 is 0 Å². The molecule has 1 aromatic carbocycles. The van der Waals surface area contributed by atoms with Crippen molar-refractivity contribution in [2.45, 2.75) is 24.7 Å². The molecule has 2 aliphatic rings. The highest BCUT2D eigenvalue weighted by Crippen LogP contribution is 2.41. The van der Waals surface area contributed by atoms with E-state index in [1.54, 1.807) is 0 Å². The van der Waals surface area contributed by atoms with Gasteiger partial charge in [0.25, 0.3) is 0 Å². The van der Waals surface area contributed by atoms with E-state index in [-0.39, 0.29) is 5.41 Å². The van der Waals surface area contributed by atoms with Crippen LogP contribution in [0.5, 0.6) is 0 Å². The zero-order chi connectivity index (χ0) is 14.3. The molecule has 2 fully saturated rings. The van der Waals surface area contributed by atoms with Crippen LogP contribution in [0.1, 0.15) is 25.0 Å². The largest absolute Gasteiger partial charge is 0.302 e. The summed E-state index contributed by atoms with van der Waals surface area (Å²) in [6.45, 7) is 3.60. The fraction of sp³-hybridized carbons (Fsp3) is 0.412. The van der Waals surface area contributed by atoms with Gasteiger partial charge in [-0.1, -0.05) is 23.7 Å². The summed E-state index contributed by atoms with van der Waals surface area (Å²) in [6, 6.07) is 12.0. The van der Waals surface area contributed by atoms with Crippen LogP contribution in [-0.4, -0.2) is 34.7 Å². The molecule has 21 heavy (non-hydrogen) atoms. The molecule has 2 bridgehead atoms. The van der Waals surface area contributed by atoms with Gasteiger partial charge in [0.05, 0.1) is 11.4 Å². The second kappa shape index (κ2) is 5.08. The molecule has 0 saturated carbocycles. The molecule has 0 N–H and O–H groups in total. The van der Waals surface area contributed by atoms with E-state index in [1.807, 2.05) is 24.3 Å². The quantitative estimate of drug-likeness (QED) is 0.849. The third kappa shape index (κ3) is 2.34. The minimum atomic E-state index is 0.248. The van der Waals surface area contributed by atoms with E-state index in [2.05, 4.69) is 27.2 Å². The zero-order valence-electron chi connectivity index (χ0n) is 11.9. The standard InChI is InChI=1S/C17H18ClN3/c18-14-4-1-3-13(11-14)15-5-6-16(20-19-15)17-7-2-9-21(12-17)10-8-17/h1,3-6,11H,2,7-10,12H2. The van der Waals surface area contributed by atoms with Gasteiger partial charge in [-0.05, 0) is 56.6 Å². The molecule has 0 spiro atoms. The van der Waals surface area contributed by atoms with E-state index in [9.17, 15) is 0 Å². The van der Waals surface area contributed by atoms with Crippen LogP contribution in [0.3, 0.4) is 0 Å². The normalized spacial score (nSPS) is 27.8. The van der Waals surface area contributed by atoms with Crippen molar-refractivity contribution >= 4 is 11.6 Å². The van der Waals surface area contributed by atoms with Crippen LogP contribution < -0.4 is 0 Å². The summed E-state index contributed by atoms with van der Waals surface area (Å²) in [7, 11) is 0. The van der Waals surface area contributed by atoms with E-state index >= 15 is 0 Å². The molecule has 0 aliphatic carbocycles. The van der Waals surface area contributed by atoms with Crippen molar-refractivity contribution in [1.82, 2.24) is 15.1 Å². The number of piperidine rings is 1. The molecule has 4 heteroatoms. The van der Waals surface area contributed by atoms with Crippen molar-refractivity contribution in [1.29, 1.82) is 0 Å². The highest BCUT2D eigenvalue weighted by atomic mass is 35.5. The van der Waals surface area contributed by atoms with Crippen LogP contribution in [-0.2, 0) is 5.41 Å². The Morgan fingerprint density at radius 1 is 1.05 bits per heavy atom. The second-order valence-corrected chi connectivity index (χ2v) is 6.66. The number of aromatic nitrogens is 2. The Kier molecular flexibility index (Phi) is 3.20. The lowest BCUT2D eigenvalue weighted by molar-refractivity contribution is 0.239. The van der Waals surface area contributed by atoms with Crippen LogP contribution in [0.25, 0.3) is 11.3 Å². The van der Waals surface area contributed by atoms with Crippen LogP contribution >= 0.6 is 11.6 Å². The first kappa shape index (κ1) is 13.2. The molecule has 3 heterocycles.